The Morgan fingerprint density at radius 3 is 2.61 bits per heavy atom. The number of carbonyl (C=O) groups is 1. The van der Waals surface area contributed by atoms with E-state index in [9.17, 15) is 4.79 Å². The molecule has 1 heterocycles. The van der Waals surface area contributed by atoms with E-state index in [0.29, 0.717) is 0 Å². The average molecular weight is 244 g/mol. The van der Waals surface area contributed by atoms with Crippen molar-refractivity contribution < 1.29 is 4.79 Å². The van der Waals surface area contributed by atoms with Crippen LogP contribution in [-0.2, 0) is 4.79 Å². The highest BCUT2D eigenvalue weighted by atomic mass is 16.2. The second-order valence-electron chi connectivity index (χ2n) is 4.88. The molecule has 0 saturated carbocycles. The predicted octanol–water partition coefficient (Wildman–Crippen LogP) is 1.78. The Labute approximate surface area is 109 Å². The molecule has 0 bridgehead atoms. The molecule has 3 heteroatoms. The Hall–Kier alpha value is -1.61. The Kier molecular flexibility index (Phi) is 4.15. The zero-order valence-corrected chi connectivity index (χ0v) is 11.1. The van der Waals surface area contributed by atoms with E-state index in [-0.39, 0.29) is 5.91 Å². The summed E-state index contributed by atoms with van der Waals surface area (Å²) in [6, 6.07) is 8.16. The minimum absolute atomic E-state index is 0.115. The largest absolute Gasteiger partial charge is 0.337 e. The van der Waals surface area contributed by atoms with E-state index < -0.39 is 0 Å². The van der Waals surface area contributed by atoms with Gasteiger partial charge >= 0.3 is 0 Å². The van der Waals surface area contributed by atoms with Crippen LogP contribution in [0.2, 0.25) is 0 Å². The van der Waals surface area contributed by atoms with E-state index in [4.69, 9.17) is 0 Å². The summed E-state index contributed by atoms with van der Waals surface area (Å²) in [6.45, 7) is 5.63. The number of nitrogens with zero attached hydrogens (tertiary/aromatic N) is 2. The maximum Gasteiger partial charge on any atom is 0.246 e. The SMILES string of the molecule is Cc1cccc(C=CC(=O)N2CCN(C)CC2)c1. The molecule has 0 unspecified atom stereocenters. The molecule has 1 aliphatic rings. The molecule has 3 nitrogen and oxygen atoms in total. The molecule has 0 radical (unpaired) electrons. The van der Waals surface area contributed by atoms with Crippen molar-refractivity contribution in [3.05, 3.63) is 41.5 Å². The smallest absolute Gasteiger partial charge is 0.246 e. The van der Waals surface area contributed by atoms with Gasteiger partial charge in [0, 0.05) is 32.3 Å². The summed E-state index contributed by atoms with van der Waals surface area (Å²) in [5.41, 5.74) is 2.29. The monoisotopic (exact) mass is 244 g/mol. The molecule has 0 aliphatic carbocycles. The fourth-order valence-corrected chi connectivity index (χ4v) is 2.07. The summed E-state index contributed by atoms with van der Waals surface area (Å²) >= 11 is 0. The first-order valence-electron chi connectivity index (χ1n) is 6.37. The van der Waals surface area contributed by atoms with Crippen molar-refractivity contribution in [1.82, 2.24) is 9.80 Å². The molecule has 1 amide bonds. The molecule has 1 aliphatic heterocycles. The number of piperazine rings is 1. The molecular formula is C15H20N2O. The molecular weight excluding hydrogens is 224 g/mol. The van der Waals surface area contributed by atoms with Gasteiger partial charge in [-0.25, -0.2) is 0 Å². The minimum atomic E-state index is 0.115. The lowest BCUT2D eigenvalue weighted by atomic mass is 10.1. The van der Waals surface area contributed by atoms with Gasteiger partial charge in [-0.2, -0.15) is 0 Å². The Balaban J connectivity index is 1.94. The zero-order chi connectivity index (χ0) is 13.0. The summed E-state index contributed by atoms with van der Waals surface area (Å²) in [6.07, 6.45) is 3.58. The molecule has 0 N–H and O–H groups in total. The number of aryl methyl sites for hydroxylation is 1. The normalized spacial score (nSPS) is 17.3. The second kappa shape index (κ2) is 5.83. The van der Waals surface area contributed by atoms with Gasteiger partial charge in [0.15, 0.2) is 0 Å². The van der Waals surface area contributed by atoms with E-state index in [1.807, 2.05) is 23.1 Å². The van der Waals surface area contributed by atoms with Gasteiger partial charge in [-0.05, 0) is 25.6 Å². The number of hydrogen-bond acceptors (Lipinski definition) is 2. The van der Waals surface area contributed by atoms with Crippen LogP contribution in [0.5, 0.6) is 0 Å². The van der Waals surface area contributed by atoms with E-state index in [1.165, 1.54) is 5.56 Å². The predicted molar refractivity (Wildman–Crippen MR) is 74.3 cm³/mol. The highest BCUT2D eigenvalue weighted by Gasteiger charge is 2.16. The van der Waals surface area contributed by atoms with Crippen LogP contribution in [0.3, 0.4) is 0 Å². The van der Waals surface area contributed by atoms with Crippen LogP contribution in [-0.4, -0.2) is 48.9 Å². The van der Waals surface area contributed by atoms with Crippen LogP contribution in [0.15, 0.2) is 30.3 Å². The Bertz CT molecular complexity index is 446. The molecule has 1 saturated heterocycles. The van der Waals surface area contributed by atoms with Gasteiger partial charge in [-0.15, -0.1) is 0 Å². The molecule has 1 aromatic rings. The molecule has 1 aromatic carbocycles. The lowest BCUT2D eigenvalue weighted by molar-refractivity contribution is -0.127. The molecule has 1 fully saturated rings. The van der Waals surface area contributed by atoms with Crippen molar-refractivity contribution in [2.75, 3.05) is 33.2 Å². The molecule has 0 aromatic heterocycles. The lowest BCUT2D eigenvalue weighted by Crippen LogP contribution is -2.46. The van der Waals surface area contributed by atoms with Gasteiger partial charge in [-0.3, -0.25) is 4.79 Å². The van der Waals surface area contributed by atoms with E-state index in [0.717, 1.165) is 31.7 Å². The summed E-state index contributed by atoms with van der Waals surface area (Å²) in [5.74, 6) is 0.115. The standard InChI is InChI=1S/C15H20N2O/c1-13-4-3-5-14(12-13)6-7-15(18)17-10-8-16(2)9-11-17/h3-7,12H,8-11H2,1-2H3. The van der Waals surface area contributed by atoms with Crippen molar-refractivity contribution in [3.63, 3.8) is 0 Å². The lowest BCUT2D eigenvalue weighted by Gasteiger charge is -2.31. The topological polar surface area (TPSA) is 23.6 Å². The Morgan fingerprint density at radius 2 is 1.94 bits per heavy atom. The quantitative estimate of drug-likeness (QED) is 0.740. The van der Waals surface area contributed by atoms with Crippen LogP contribution < -0.4 is 0 Å². The number of hydrogen-bond donors (Lipinski definition) is 0. The minimum Gasteiger partial charge on any atom is -0.337 e. The summed E-state index contributed by atoms with van der Waals surface area (Å²) in [4.78, 5) is 16.1. The molecule has 18 heavy (non-hydrogen) atoms. The zero-order valence-electron chi connectivity index (χ0n) is 11.1. The highest BCUT2D eigenvalue weighted by molar-refractivity contribution is 5.91. The number of likely N-dealkylation sites (N-methyl/N-ethyl adjacent to an activating group) is 1. The van der Waals surface area contributed by atoms with Gasteiger partial charge in [0.05, 0.1) is 0 Å². The maximum absolute atomic E-state index is 12.0. The van der Waals surface area contributed by atoms with Crippen molar-refractivity contribution in [2.24, 2.45) is 0 Å². The van der Waals surface area contributed by atoms with E-state index in [2.05, 4.69) is 31.0 Å². The molecule has 0 spiro atoms. The van der Waals surface area contributed by atoms with E-state index in [1.54, 1.807) is 6.08 Å². The third kappa shape index (κ3) is 3.44. The first kappa shape index (κ1) is 12.8. The first-order chi connectivity index (χ1) is 8.65. The van der Waals surface area contributed by atoms with Gasteiger partial charge in [0.25, 0.3) is 0 Å². The van der Waals surface area contributed by atoms with Crippen LogP contribution in [0, 0.1) is 6.92 Å². The van der Waals surface area contributed by atoms with Gasteiger partial charge < -0.3 is 9.80 Å². The summed E-state index contributed by atoms with van der Waals surface area (Å²) in [7, 11) is 2.09. The fraction of sp³-hybridized carbons (Fsp3) is 0.400. The van der Waals surface area contributed by atoms with Gasteiger partial charge in [0.2, 0.25) is 5.91 Å². The molecule has 2 rings (SSSR count). The average Bonchev–Trinajstić information content (AvgIpc) is 2.37. The van der Waals surface area contributed by atoms with Crippen LogP contribution in [0.4, 0.5) is 0 Å². The van der Waals surface area contributed by atoms with E-state index >= 15 is 0 Å². The highest BCUT2D eigenvalue weighted by Crippen LogP contribution is 2.07. The number of amides is 1. The van der Waals surface area contributed by atoms with Gasteiger partial charge in [-0.1, -0.05) is 29.8 Å². The van der Waals surface area contributed by atoms with Crippen LogP contribution in [0.25, 0.3) is 6.08 Å². The molecule has 0 atom stereocenters. The van der Waals surface area contributed by atoms with Crippen molar-refractivity contribution in [3.8, 4) is 0 Å². The fourth-order valence-electron chi connectivity index (χ4n) is 2.07. The number of rotatable bonds is 2. The number of benzene rings is 1. The van der Waals surface area contributed by atoms with Crippen molar-refractivity contribution in [2.45, 2.75) is 6.92 Å². The van der Waals surface area contributed by atoms with Gasteiger partial charge in [0.1, 0.15) is 0 Å². The summed E-state index contributed by atoms with van der Waals surface area (Å²) in [5, 5.41) is 0. The summed E-state index contributed by atoms with van der Waals surface area (Å²) < 4.78 is 0. The third-order valence-electron chi connectivity index (χ3n) is 3.28. The van der Waals surface area contributed by atoms with Crippen molar-refractivity contribution in [1.29, 1.82) is 0 Å². The molecule has 96 valence electrons. The Morgan fingerprint density at radius 1 is 1.22 bits per heavy atom. The maximum atomic E-state index is 12.0. The van der Waals surface area contributed by atoms with Crippen molar-refractivity contribution >= 4 is 12.0 Å². The van der Waals surface area contributed by atoms with Crippen LogP contribution >= 0.6 is 0 Å². The first-order valence-corrected chi connectivity index (χ1v) is 6.37. The third-order valence-corrected chi connectivity index (χ3v) is 3.28. The number of carbonyl (C=O) groups excluding carboxylic acids is 1. The second-order valence-corrected chi connectivity index (χ2v) is 4.88. The van der Waals surface area contributed by atoms with Crippen LogP contribution in [0.1, 0.15) is 11.1 Å².